The van der Waals surface area contributed by atoms with Crippen molar-refractivity contribution in [1.29, 1.82) is 0 Å². The third-order valence-corrected chi connectivity index (χ3v) is 1.97. The molecule has 0 aromatic heterocycles. The number of nitrogens with zero attached hydrogens (tertiary/aromatic N) is 1. The fraction of sp³-hybridized carbons (Fsp3) is 0.667. The second-order valence-corrected chi connectivity index (χ2v) is 4.00. The first kappa shape index (κ1) is 10.0. The SMILES string of the molecule is C=NC(N)(I)C(=O)C(C)C. The van der Waals surface area contributed by atoms with Crippen LogP contribution in [-0.4, -0.2) is 16.2 Å². The molecule has 1 atom stereocenters. The summed E-state index contributed by atoms with van der Waals surface area (Å²) < 4.78 is -1.13. The molecule has 0 aliphatic heterocycles. The van der Waals surface area contributed by atoms with Crippen molar-refractivity contribution in [2.75, 3.05) is 0 Å². The minimum Gasteiger partial charge on any atom is -0.294 e. The number of halogens is 1. The summed E-state index contributed by atoms with van der Waals surface area (Å²) >= 11 is 1.78. The van der Waals surface area contributed by atoms with E-state index in [1.807, 2.05) is 0 Å². The van der Waals surface area contributed by atoms with Crippen LogP contribution in [-0.2, 0) is 4.79 Å². The first-order valence-electron chi connectivity index (χ1n) is 2.91. The molecule has 4 heteroatoms. The molecule has 0 rings (SSSR count). The molecule has 1 unspecified atom stereocenters. The van der Waals surface area contributed by atoms with Gasteiger partial charge in [-0.1, -0.05) is 13.8 Å². The van der Waals surface area contributed by atoms with Gasteiger partial charge < -0.3 is 0 Å². The summed E-state index contributed by atoms with van der Waals surface area (Å²) in [5.74, 6) is -0.185. The Morgan fingerprint density at radius 1 is 1.80 bits per heavy atom. The maximum absolute atomic E-state index is 11.1. The smallest absolute Gasteiger partial charge is 0.218 e. The highest BCUT2D eigenvalue weighted by atomic mass is 127. The lowest BCUT2D eigenvalue weighted by molar-refractivity contribution is -0.123. The van der Waals surface area contributed by atoms with Gasteiger partial charge in [0.2, 0.25) is 3.67 Å². The van der Waals surface area contributed by atoms with Crippen LogP contribution in [0, 0.1) is 5.92 Å². The Morgan fingerprint density at radius 2 is 2.20 bits per heavy atom. The zero-order valence-electron chi connectivity index (χ0n) is 6.10. The molecule has 0 aliphatic rings. The van der Waals surface area contributed by atoms with Gasteiger partial charge in [-0.25, -0.2) is 0 Å². The summed E-state index contributed by atoms with van der Waals surface area (Å²) in [6, 6.07) is 0. The Kier molecular flexibility index (Phi) is 3.44. The van der Waals surface area contributed by atoms with Gasteiger partial charge in [0.1, 0.15) is 0 Å². The Hall–Kier alpha value is 0.0300. The van der Waals surface area contributed by atoms with E-state index >= 15 is 0 Å². The van der Waals surface area contributed by atoms with Crippen molar-refractivity contribution < 1.29 is 4.79 Å². The highest BCUT2D eigenvalue weighted by molar-refractivity contribution is 14.1. The van der Waals surface area contributed by atoms with E-state index in [-0.39, 0.29) is 11.7 Å². The van der Waals surface area contributed by atoms with E-state index in [4.69, 9.17) is 5.73 Å². The summed E-state index contributed by atoms with van der Waals surface area (Å²) in [5, 5.41) is 0. The van der Waals surface area contributed by atoms with E-state index in [0.29, 0.717) is 0 Å². The number of carbonyl (C=O) groups is 1. The van der Waals surface area contributed by atoms with Crippen molar-refractivity contribution in [2.24, 2.45) is 16.6 Å². The van der Waals surface area contributed by atoms with E-state index in [1.165, 1.54) is 0 Å². The molecule has 0 amide bonds. The molecule has 2 N–H and O–H groups in total. The van der Waals surface area contributed by atoms with Crippen LogP contribution in [0.15, 0.2) is 4.99 Å². The topological polar surface area (TPSA) is 55.4 Å². The van der Waals surface area contributed by atoms with E-state index in [2.05, 4.69) is 11.7 Å². The van der Waals surface area contributed by atoms with Crippen molar-refractivity contribution in [3.63, 3.8) is 0 Å². The molecule has 3 nitrogen and oxygen atoms in total. The number of Topliss-reactive ketones (excluding diaryl/α,β-unsaturated/α-hetero) is 1. The van der Waals surface area contributed by atoms with Crippen molar-refractivity contribution in [3.05, 3.63) is 0 Å². The molecular formula is C6H11IN2O. The summed E-state index contributed by atoms with van der Waals surface area (Å²) in [6.07, 6.45) is 0. The van der Waals surface area contributed by atoms with E-state index in [9.17, 15) is 4.79 Å². The molecule has 0 spiro atoms. The lowest BCUT2D eigenvalue weighted by Crippen LogP contribution is -2.41. The van der Waals surface area contributed by atoms with Gasteiger partial charge in [0.25, 0.3) is 0 Å². The Balaban J connectivity index is 4.33. The van der Waals surface area contributed by atoms with Crippen LogP contribution in [0.4, 0.5) is 0 Å². The lowest BCUT2D eigenvalue weighted by atomic mass is 10.1. The maximum Gasteiger partial charge on any atom is 0.218 e. The molecule has 58 valence electrons. The number of alkyl halides is 1. The minimum atomic E-state index is -1.13. The maximum atomic E-state index is 11.1. The van der Waals surface area contributed by atoms with Crippen LogP contribution < -0.4 is 5.73 Å². The molecule has 0 radical (unpaired) electrons. The molecule has 0 aliphatic carbocycles. The second kappa shape index (κ2) is 3.43. The second-order valence-electron chi connectivity index (χ2n) is 2.35. The Labute approximate surface area is 74.2 Å². The fourth-order valence-electron chi connectivity index (χ4n) is 0.483. The van der Waals surface area contributed by atoms with Gasteiger partial charge in [-0.05, 0) is 29.3 Å². The molecule has 0 aromatic rings. The van der Waals surface area contributed by atoms with Gasteiger partial charge in [0.15, 0.2) is 5.78 Å². The summed E-state index contributed by atoms with van der Waals surface area (Å²) in [5.41, 5.74) is 5.47. The highest BCUT2D eigenvalue weighted by Gasteiger charge is 2.30. The molecule has 0 saturated carbocycles. The highest BCUT2D eigenvalue weighted by Crippen LogP contribution is 2.17. The van der Waals surface area contributed by atoms with Crippen LogP contribution in [0.2, 0.25) is 0 Å². The average molecular weight is 254 g/mol. The van der Waals surface area contributed by atoms with Crippen molar-refractivity contribution in [3.8, 4) is 0 Å². The van der Waals surface area contributed by atoms with Gasteiger partial charge in [0, 0.05) is 5.92 Å². The number of aliphatic imine (C=N–C) groups is 1. The van der Waals surface area contributed by atoms with Gasteiger partial charge in [-0.3, -0.25) is 15.5 Å². The quantitative estimate of drug-likeness (QED) is 0.353. The number of rotatable bonds is 3. The van der Waals surface area contributed by atoms with Crippen molar-refractivity contribution in [1.82, 2.24) is 0 Å². The van der Waals surface area contributed by atoms with Crippen LogP contribution in [0.3, 0.4) is 0 Å². The third kappa shape index (κ3) is 2.34. The minimum absolute atomic E-state index is 0.0904. The van der Waals surface area contributed by atoms with Crippen LogP contribution >= 0.6 is 22.6 Å². The molecule has 0 aromatic carbocycles. The predicted octanol–water partition coefficient (Wildman–Crippen LogP) is 0.960. The number of carbonyl (C=O) groups excluding carboxylic acids is 1. The average Bonchev–Trinajstić information content (AvgIpc) is 1.86. The van der Waals surface area contributed by atoms with Crippen LogP contribution in [0.1, 0.15) is 13.8 Å². The molecule has 0 bridgehead atoms. The lowest BCUT2D eigenvalue weighted by Gasteiger charge is -2.16. The third-order valence-electron chi connectivity index (χ3n) is 1.10. The summed E-state index contributed by atoms with van der Waals surface area (Å²) in [4.78, 5) is 14.6. The van der Waals surface area contributed by atoms with Gasteiger partial charge in [-0.2, -0.15) is 0 Å². The van der Waals surface area contributed by atoms with Gasteiger partial charge in [0.05, 0.1) is 0 Å². The largest absolute Gasteiger partial charge is 0.294 e. The van der Waals surface area contributed by atoms with Crippen LogP contribution in [0.5, 0.6) is 0 Å². The molecule has 0 saturated heterocycles. The van der Waals surface area contributed by atoms with Crippen molar-refractivity contribution in [2.45, 2.75) is 17.5 Å². The van der Waals surface area contributed by atoms with Crippen molar-refractivity contribution >= 4 is 35.1 Å². The molecule has 10 heavy (non-hydrogen) atoms. The zero-order valence-corrected chi connectivity index (χ0v) is 8.25. The van der Waals surface area contributed by atoms with E-state index in [1.54, 1.807) is 36.4 Å². The zero-order chi connectivity index (χ0) is 8.36. The van der Waals surface area contributed by atoms with Crippen LogP contribution in [0.25, 0.3) is 0 Å². The number of ketones is 1. The van der Waals surface area contributed by atoms with Gasteiger partial charge >= 0.3 is 0 Å². The van der Waals surface area contributed by atoms with E-state index in [0.717, 1.165) is 0 Å². The summed E-state index contributed by atoms with van der Waals surface area (Å²) in [6.45, 7) is 6.80. The molecule has 0 heterocycles. The Morgan fingerprint density at radius 3 is 2.30 bits per heavy atom. The molecular weight excluding hydrogens is 243 g/mol. The first-order chi connectivity index (χ1) is 4.41. The van der Waals surface area contributed by atoms with E-state index < -0.39 is 3.67 Å². The van der Waals surface area contributed by atoms with Gasteiger partial charge in [-0.15, -0.1) is 0 Å². The Bertz CT molecular complexity index is 154. The number of hydrogen-bond acceptors (Lipinski definition) is 3. The number of hydrogen-bond donors (Lipinski definition) is 1. The molecule has 0 fully saturated rings. The fourth-order valence-corrected chi connectivity index (χ4v) is 1.11. The summed E-state index contributed by atoms with van der Waals surface area (Å²) in [7, 11) is 0. The normalized spacial score (nSPS) is 16.5. The number of nitrogens with two attached hydrogens (primary N) is 1. The monoisotopic (exact) mass is 254 g/mol. The first-order valence-corrected chi connectivity index (χ1v) is 3.99. The standard InChI is InChI=1S/C6H11IN2O/c1-4(2)5(10)6(7,8)9-3/h4H,3,8H2,1-2H3. The predicted molar refractivity (Wildman–Crippen MR) is 50.3 cm³/mol.